The topological polar surface area (TPSA) is 99.0 Å². The van der Waals surface area contributed by atoms with Crippen molar-refractivity contribution >= 4 is 5.91 Å². The van der Waals surface area contributed by atoms with Crippen molar-refractivity contribution < 1.29 is 9.21 Å². The molecule has 0 saturated heterocycles. The van der Waals surface area contributed by atoms with E-state index in [1.807, 2.05) is 6.92 Å². The van der Waals surface area contributed by atoms with Gasteiger partial charge in [-0.15, -0.1) is 0 Å². The van der Waals surface area contributed by atoms with Crippen LogP contribution in [0.3, 0.4) is 0 Å². The number of hydrogen-bond donors (Lipinski definition) is 2. The third-order valence-corrected chi connectivity index (χ3v) is 2.69. The van der Waals surface area contributed by atoms with E-state index in [0.717, 1.165) is 5.56 Å². The molecule has 0 aliphatic carbocycles. The first-order valence-electron chi connectivity index (χ1n) is 5.98. The van der Waals surface area contributed by atoms with E-state index in [9.17, 15) is 4.79 Å². The Labute approximate surface area is 110 Å². The van der Waals surface area contributed by atoms with Crippen LogP contribution in [0.2, 0.25) is 0 Å². The van der Waals surface area contributed by atoms with Gasteiger partial charge in [0.2, 0.25) is 5.89 Å². The lowest BCUT2D eigenvalue weighted by molar-refractivity contribution is 0.0935. The largest absolute Gasteiger partial charge is 0.440 e. The molecule has 2 aromatic rings. The zero-order valence-corrected chi connectivity index (χ0v) is 11.2. The molecule has 0 fully saturated rings. The molecule has 0 saturated carbocycles. The molecule has 7 nitrogen and oxygen atoms in total. The molecule has 3 N–H and O–H groups in total. The van der Waals surface area contributed by atoms with E-state index in [2.05, 4.69) is 15.4 Å². The highest BCUT2D eigenvalue weighted by Gasteiger charge is 2.19. The number of hydrogen-bond acceptors (Lipinski definition) is 5. The summed E-state index contributed by atoms with van der Waals surface area (Å²) >= 11 is 0. The SMILES string of the molecule is Cc1oc(-c2cnn(C)c2)nc1C(=O)N[C@@H](C)CN. The third-order valence-electron chi connectivity index (χ3n) is 2.69. The Bertz CT molecular complexity index is 587. The van der Waals surface area contributed by atoms with Crippen molar-refractivity contribution in [3.05, 3.63) is 23.8 Å². The Morgan fingerprint density at radius 2 is 2.37 bits per heavy atom. The first kappa shape index (κ1) is 13.3. The zero-order chi connectivity index (χ0) is 14.0. The lowest BCUT2D eigenvalue weighted by Gasteiger charge is -2.09. The Kier molecular flexibility index (Phi) is 3.66. The van der Waals surface area contributed by atoms with Gasteiger partial charge in [0.15, 0.2) is 5.69 Å². The van der Waals surface area contributed by atoms with Gasteiger partial charge in [-0.1, -0.05) is 0 Å². The second-order valence-electron chi connectivity index (χ2n) is 4.44. The van der Waals surface area contributed by atoms with Gasteiger partial charge in [-0.25, -0.2) is 4.98 Å². The summed E-state index contributed by atoms with van der Waals surface area (Å²) in [6.07, 6.45) is 3.41. The number of nitrogens with zero attached hydrogens (tertiary/aromatic N) is 3. The number of carbonyl (C=O) groups is 1. The number of nitrogens with one attached hydrogen (secondary N) is 1. The minimum atomic E-state index is -0.283. The van der Waals surface area contributed by atoms with Gasteiger partial charge in [0.25, 0.3) is 5.91 Å². The van der Waals surface area contributed by atoms with Crippen LogP contribution in [0.5, 0.6) is 0 Å². The molecule has 1 atom stereocenters. The Morgan fingerprint density at radius 1 is 1.63 bits per heavy atom. The summed E-state index contributed by atoms with van der Waals surface area (Å²) in [4.78, 5) is 16.2. The van der Waals surface area contributed by atoms with E-state index in [4.69, 9.17) is 10.2 Å². The highest BCUT2D eigenvalue weighted by molar-refractivity contribution is 5.93. The van der Waals surface area contributed by atoms with Crippen molar-refractivity contribution in [2.24, 2.45) is 12.8 Å². The van der Waals surface area contributed by atoms with Gasteiger partial charge in [-0.3, -0.25) is 9.48 Å². The Balaban J connectivity index is 2.24. The molecule has 2 aromatic heterocycles. The molecule has 0 spiro atoms. The molecule has 0 aromatic carbocycles. The number of amides is 1. The van der Waals surface area contributed by atoms with Gasteiger partial charge in [-0.05, 0) is 13.8 Å². The van der Waals surface area contributed by atoms with Gasteiger partial charge in [0, 0.05) is 25.8 Å². The quantitative estimate of drug-likeness (QED) is 0.835. The summed E-state index contributed by atoms with van der Waals surface area (Å²) in [5.74, 6) is 0.575. The average molecular weight is 263 g/mol. The summed E-state index contributed by atoms with van der Waals surface area (Å²) in [6.45, 7) is 3.91. The minimum Gasteiger partial charge on any atom is -0.440 e. The van der Waals surface area contributed by atoms with Gasteiger partial charge in [0.1, 0.15) is 5.76 Å². The predicted molar refractivity (Wildman–Crippen MR) is 69.4 cm³/mol. The molecule has 2 rings (SSSR count). The maximum atomic E-state index is 12.0. The molecule has 7 heteroatoms. The van der Waals surface area contributed by atoms with Gasteiger partial charge >= 0.3 is 0 Å². The van der Waals surface area contributed by atoms with Crippen molar-refractivity contribution in [3.63, 3.8) is 0 Å². The first-order valence-corrected chi connectivity index (χ1v) is 5.98. The molecule has 0 bridgehead atoms. The summed E-state index contributed by atoms with van der Waals surface area (Å²) in [5, 5.41) is 6.79. The summed E-state index contributed by atoms with van der Waals surface area (Å²) in [7, 11) is 1.80. The molecule has 0 aliphatic heterocycles. The van der Waals surface area contributed by atoms with E-state index >= 15 is 0 Å². The average Bonchev–Trinajstić information content (AvgIpc) is 2.95. The van der Waals surface area contributed by atoms with Crippen LogP contribution in [0.15, 0.2) is 16.8 Å². The molecule has 2 heterocycles. The van der Waals surface area contributed by atoms with Crippen LogP contribution in [0.4, 0.5) is 0 Å². The second-order valence-corrected chi connectivity index (χ2v) is 4.44. The molecule has 1 amide bonds. The normalized spacial score (nSPS) is 12.4. The van der Waals surface area contributed by atoms with Gasteiger partial charge in [-0.2, -0.15) is 5.10 Å². The predicted octanol–water partition coefficient (Wildman–Crippen LogP) is 0.461. The number of oxazole rings is 1. The summed E-state index contributed by atoms with van der Waals surface area (Å²) < 4.78 is 7.14. The molecule has 0 aliphatic rings. The molecule has 19 heavy (non-hydrogen) atoms. The number of aromatic nitrogens is 3. The number of rotatable bonds is 4. The van der Waals surface area contributed by atoms with Crippen molar-refractivity contribution in [1.82, 2.24) is 20.1 Å². The molecule has 0 radical (unpaired) electrons. The van der Waals surface area contributed by atoms with Crippen LogP contribution in [0.1, 0.15) is 23.2 Å². The van der Waals surface area contributed by atoms with E-state index < -0.39 is 0 Å². The van der Waals surface area contributed by atoms with Crippen LogP contribution >= 0.6 is 0 Å². The van der Waals surface area contributed by atoms with Crippen molar-refractivity contribution in [1.29, 1.82) is 0 Å². The van der Waals surface area contributed by atoms with Crippen LogP contribution in [0.25, 0.3) is 11.5 Å². The third kappa shape index (κ3) is 2.82. The van der Waals surface area contributed by atoms with Crippen LogP contribution in [0, 0.1) is 6.92 Å². The Hall–Kier alpha value is -2.15. The van der Waals surface area contributed by atoms with Crippen LogP contribution in [-0.2, 0) is 7.05 Å². The maximum Gasteiger partial charge on any atom is 0.273 e. The highest BCUT2D eigenvalue weighted by Crippen LogP contribution is 2.20. The highest BCUT2D eigenvalue weighted by atomic mass is 16.4. The van der Waals surface area contributed by atoms with Gasteiger partial charge in [0.05, 0.1) is 11.8 Å². The molecule has 0 unspecified atom stereocenters. The fourth-order valence-electron chi connectivity index (χ4n) is 1.61. The Morgan fingerprint density at radius 3 is 2.95 bits per heavy atom. The van der Waals surface area contributed by atoms with E-state index in [0.29, 0.717) is 18.2 Å². The molecule has 102 valence electrons. The van der Waals surface area contributed by atoms with Crippen LogP contribution in [-0.4, -0.2) is 33.3 Å². The van der Waals surface area contributed by atoms with Crippen LogP contribution < -0.4 is 11.1 Å². The van der Waals surface area contributed by atoms with E-state index in [1.165, 1.54) is 0 Å². The standard InChI is InChI=1S/C12H17N5O2/c1-7(4-13)15-11(18)10-8(2)19-12(16-10)9-5-14-17(3)6-9/h5-7H,4,13H2,1-3H3,(H,15,18)/t7-/m0/s1. The number of carbonyl (C=O) groups excluding carboxylic acids is 1. The van der Waals surface area contributed by atoms with E-state index in [1.54, 1.807) is 31.0 Å². The molecular weight excluding hydrogens is 246 g/mol. The number of nitrogens with two attached hydrogens (primary N) is 1. The summed E-state index contributed by atoms with van der Waals surface area (Å²) in [6, 6.07) is -0.106. The zero-order valence-electron chi connectivity index (χ0n) is 11.2. The monoisotopic (exact) mass is 263 g/mol. The lowest BCUT2D eigenvalue weighted by atomic mass is 10.3. The smallest absolute Gasteiger partial charge is 0.273 e. The summed E-state index contributed by atoms with van der Waals surface area (Å²) in [5.41, 5.74) is 6.48. The van der Waals surface area contributed by atoms with Crippen molar-refractivity contribution in [2.45, 2.75) is 19.9 Å². The maximum absolute atomic E-state index is 12.0. The minimum absolute atomic E-state index is 0.106. The molecular formula is C12H17N5O2. The van der Waals surface area contributed by atoms with Crippen molar-refractivity contribution in [3.8, 4) is 11.5 Å². The fourth-order valence-corrected chi connectivity index (χ4v) is 1.61. The van der Waals surface area contributed by atoms with Gasteiger partial charge < -0.3 is 15.5 Å². The lowest BCUT2D eigenvalue weighted by Crippen LogP contribution is -2.38. The van der Waals surface area contributed by atoms with E-state index in [-0.39, 0.29) is 17.6 Å². The fraction of sp³-hybridized carbons (Fsp3) is 0.417. The second kappa shape index (κ2) is 5.23. The first-order chi connectivity index (χ1) is 9.01. The van der Waals surface area contributed by atoms with Crippen molar-refractivity contribution in [2.75, 3.05) is 6.54 Å². The number of aryl methyl sites for hydroxylation is 2.